The molecule has 3 amide bonds. The fourth-order valence-electron chi connectivity index (χ4n) is 8.58. The number of ether oxygens (including phenoxy) is 5. The number of esters is 1. The number of hydrogen-bond acceptors (Lipinski definition) is 15. The van der Waals surface area contributed by atoms with Gasteiger partial charge in [-0.3, -0.25) is 29.3 Å². The molecule has 2 aromatic carbocycles. The largest absolute Gasteiger partial charge is 0.493 e. The van der Waals surface area contributed by atoms with Crippen LogP contribution in [0.2, 0.25) is 0 Å². The van der Waals surface area contributed by atoms with Crippen LogP contribution < -0.4 is 18.9 Å². The van der Waals surface area contributed by atoms with Crippen LogP contribution in [0.3, 0.4) is 0 Å². The number of carbonyl (C=O) groups excluding carboxylic acids is 4. The number of amides is 3. The summed E-state index contributed by atoms with van der Waals surface area (Å²) in [5.74, 6) is 1.80. The monoisotopic (exact) mass is 933 g/mol. The number of hydrogen-bond donors (Lipinski definition) is 1. The molecule has 3 unspecified atom stereocenters. The van der Waals surface area contributed by atoms with Crippen molar-refractivity contribution in [2.24, 2.45) is 5.92 Å². The highest BCUT2D eigenvalue weighted by Gasteiger charge is 2.51. The van der Waals surface area contributed by atoms with Crippen LogP contribution in [0.4, 0.5) is 5.69 Å². The molecule has 65 heavy (non-hydrogen) atoms. The Bertz CT molecular complexity index is 2280. The summed E-state index contributed by atoms with van der Waals surface area (Å²) in [6.07, 6.45) is 5.43. The summed E-state index contributed by atoms with van der Waals surface area (Å²) in [4.78, 5) is 73.2. The van der Waals surface area contributed by atoms with Crippen molar-refractivity contribution in [1.29, 1.82) is 0 Å². The van der Waals surface area contributed by atoms with E-state index in [2.05, 4.69) is 18.5 Å². The Morgan fingerprint density at radius 2 is 1.68 bits per heavy atom. The maximum absolute atomic E-state index is 14.0. The lowest BCUT2D eigenvalue weighted by Crippen LogP contribution is -2.44. The highest BCUT2D eigenvalue weighted by Crippen LogP contribution is 2.46. The number of carbonyl (C=O) groups is 4. The van der Waals surface area contributed by atoms with Crippen molar-refractivity contribution in [3.63, 3.8) is 0 Å². The van der Waals surface area contributed by atoms with Gasteiger partial charge in [0, 0.05) is 49.0 Å². The van der Waals surface area contributed by atoms with E-state index in [1.165, 1.54) is 41.0 Å². The molecule has 7 rings (SSSR count). The molecule has 19 heteroatoms. The lowest BCUT2D eigenvalue weighted by Gasteiger charge is -2.28. The average molecular weight is 934 g/mol. The van der Waals surface area contributed by atoms with Crippen LogP contribution >= 0.6 is 21.6 Å². The molecule has 3 saturated heterocycles. The van der Waals surface area contributed by atoms with Crippen molar-refractivity contribution in [3.05, 3.63) is 87.1 Å². The summed E-state index contributed by atoms with van der Waals surface area (Å²) in [5, 5.41) is 21.5. The van der Waals surface area contributed by atoms with Gasteiger partial charge in [0.15, 0.2) is 23.0 Å². The van der Waals surface area contributed by atoms with Gasteiger partial charge in [0.25, 0.3) is 17.5 Å². The number of fused-ring (bicyclic) bond motifs is 4. The predicted octanol–water partition coefficient (Wildman–Crippen LogP) is 6.45. The van der Waals surface area contributed by atoms with Crippen molar-refractivity contribution < 1.29 is 52.9 Å². The van der Waals surface area contributed by atoms with E-state index < -0.39 is 17.0 Å². The molecule has 0 bridgehead atoms. The fourth-order valence-corrected chi connectivity index (χ4v) is 10.3. The minimum atomic E-state index is -0.508. The van der Waals surface area contributed by atoms with Gasteiger partial charge in [-0.1, -0.05) is 29.9 Å². The minimum Gasteiger partial charge on any atom is -0.493 e. The van der Waals surface area contributed by atoms with Gasteiger partial charge >= 0.3 is 5.97 Å². The number of aryl methyl sites for hydroxylation is 1. The topological polar surface area (TPSA) is 200 Å². The Labute approximate surface area is 385 Å². The molecule has 17 nitrogen and oxygen atoms in total. The van der Waals surface area contributed by atoms with E-state index in [0.717, 1.165) is 17.6 Å². The molecule has 4 aliphatic rings. The normalized spacial score (nSPS) is 19.8. The van der Waals surface area contributed by atoms with Crippen LogP contribution in [0.5, 0.6) is 23.0 Å². The molecular weight excluding hydrogens is 879 g/mol. The van der Waals surface area contributed by atoms with Crippen LogP contribution in [0.15, 0.2) is 59.8 Å². The van der Waals surface area contributed by atoms with E-state index >= 15 is 0 Å². The van der Waals surface area contributed by atoms with E-state index in [1.54, 1.807) is 41.2 Å². The number of methoxy groups -OCH3 is 2. The van der Waals surface area contributed by atoms with E-state index in [4.69, 9.17) is 23.7 Å². The highest BCUT2D eigenvalue weighted by molar-refractivity contribution is 8.76. The Morgan fingerprint density at radius 3 is 2.37 bits per heavy atom. The third kappa shape index (κ3) is 11.3. The van der Waals surface area contributed by atoms with Crippen molar-refractivity contribution in [1.82, 2.24) is 19.7 Å². The molecule has 1 aromatic heterocycles. The molecule has 4 aliphatic heterocycles. The molecule has 3 aromatic rings. The first kappa shape index (κ1) is 47.4. The third-order valence-corrected chi connectivity index (χ3v) is 14.2. The number of aliphatic hydroxyl groups excluding tert-OH is 1. The Morgan fingerprint density at radius 1 is 0.938 bits per heavy atom. The molecule has 0 aliphatic carbocycles. The zero-order chi connectivity index (χ0) is 46.2. The van der Waals surface area contributed by atoms with Crippen molar-refractivity contribution in [2.75, 3.05) is 66.0 Å². The van der Waals surface area contributed by atoms with Gasteiger partial charge in [0.05, 0.1) is 51.0 Å². The standard InChI is InChI=1S/C46H55N5O12S2/c1-28-17-32(27-52)48(24-28)44(54)33-20-38(59-3)40(19-30(33)9-8-10-43(53)63-15-16-64-65-42-12-11-31(23-47-42)51(57)58)61-13-6-5-7-14-62-41-21-34-35(22-39(41)60-4)45(55)49-25-29(2)18-36(49)46(56)50-26-37(34)50/h11-12,19-23,29,32,36-37,52H,1,5-10,13-18,24-27H2,2-4H3/t29?,32-,36?,37?,50?/m0/s1. The molecule has 0 radical (unpaired) electrons. The maximum atomic E-state index is 14.0. The molecule has 348 valence electrons. The first-order valence-corrected chi connectivity index (χ1v) is 24.2. The van der Waals surface area contributed by atoms with Crippen molar-refractivity contribution in [3.8, 4) is 23.0 Å². The highest BCUT2D eigenvalue weighted by atomic mass is 33.1. The summed E-state index contributed by atoms with van der Waals surface area (Å²) in [6.45, 7) is 8.29. The summed E-state index contributed by atoms with van der Waals surface area (Å²) < 4.78 is 29.2. The number of benzene rings is 2. The van der Waals surface area contributed by atoms with Gasteiger partial charge in [-0.25, -0.2) is 4.98 Å². The van der Waals surface area contributed by atoms with E-state index in [0.29, 0.717) is 122 Å². The molecule has 4 atom stereocenters. The number of pyridine rings is 1. The molecule has 0 saturated carbocycles. The summed E-state index contributed by atoms with van der Waals surface area (Å²) >= 11 is 0. The van der Waals surface area contributed by atoms with Crippen LogP contribution in [0.25, 0.3) is 0 Å². The zero-order valence-corrected chi connectivity index (χ0v) is 38.5. The van der Waals surface area contributed by atoms with E-state index in [-0.39, 0.29) is 61.0 Å². The van der Waals surface area contributed by atoms with Gasteiger partial charge in [-0.2, -0.15) is 0 Å². The summed E-state index contributed by atoms with van der Waals surface area (Å²) in [5.41, 5.74) is 3.17. The van der Waals surface area contributed by atoms with Gasteiger partial charge in [0.2, 0.25) is 5.91 Å². The fraction of sp³-hybridized carbons (Fsp3) is 0.500. The molecular formula is C46H55N5O12S2. The number of likely N-dealkylation sites (tertiary alicyclic amines) is 1. The van der Waals surface area contributed by atoms with Crippen LogP contribution in [0.1, 0.15) is 89.8 Å². The molecule has 3 fully saturated rings. The van der Waals surface area contributed by atoms with Crippen LogP contribution in [-0.2, 0) is 20.7 Å². The second kappa shape index (κ2) is 21.6. The predicted molar refractivity (Wildman–Crippen MR) is 243 cm³/mol. The molecule has 1 N–H and O–H groups in total. The third-order valence-electron chi connectivity index (χ3n) is 12.0. The number of unbranched alkanes of at least 4 members (excludes halogenated alkanes) is 2. The first-order valence-electron chi connectivity index (χ1n) is 21.8. The zero-order valence-electron chi connectivity index (χ0n) is 36.9. The van der Waals surface area contributed by atoms with Crippen LogP contribution in [0, 0.1) is 16.0 Å². The lowest BCUT2D eigenvalue weighted by atomic mass is 9.99. The van der Waals surface area contributed by atoms with E-state index in [1.807, 2.05) is 11.0 Å². The number of aromatic nitrogens is 1. The number of aliphatic hydroxyl groups is 1. The Balaban J connectivity index is 0.916. The SMILES string of the molecule is C=C1C[C@@H](CO)N(C(=O)c2cc(OC)c(OCCCCCOc3cc4c(cc3OC)C(=O)N3CC(C)CC3C(=O)N3CC43)cc2CCCC(=O)OCCSSc2ccc([N+](=O)[O-])cn2)C1. The Hall–Kier alpha value is -5.53. The number of nitrogens with zero attached hydrogens (tertiary/aromatic N) is 5. The maximum Gasteiger partial charge on any atom is 0.305 e. The molecule has 0 spiro atoms. The van der Waals surface area contributed by atoms with Crippen molar-refractivity contribution >= 4 is 51.0 Å². The summed E-state index contributed by atoms with van der Waals surface area (Å²) in [7, 11) is 5.80. The van der Waals surface area contributed by atoms with Gasteiger partial charge in [-0.05, 0) is 103 Å². The quantitative estimate of drug-likeness (QED) is 0.0219. The lowest BCUT2D eigenvalue weighted by molar-refractivity contribution is -0.385. The minimum absolute atomic E-state index is 0.0145. The van der Waals surface area contributed by atoms with Crippen molar-refractivity contribution in [2.45, 2.75) is 81.4 Å². The number of nitro groups is 1. The second-order valence-corrected chi connectivity index (χ2v) is 19.1. The number of rotatable bonds is 22. The Kier molecular flexibility index (Phi) is 15.8. The van der Waals surface area contributed by atoms with Gasteiger partial charge in [-0.15, -0.1) is 0 Å². The molecule has 5 heterocycles. The van der Waals surface area contributed by atoms with Gasteiger partial charge in [0.1, 0.15) is 23.9 Å². The second-order valence-electron chi connectivity index (χ2n) is 16.6. The summed E-state index contributed by atoms with van der Waals surface area (Å²) in [6, 6.07) is 9.05. The first-order chi connectivity index (χ1) is 31.4. The average Bonchev–Trinajstić information content (AvgIpc) is 3.86. The van der Waals surface area contributed by atoms with E-state index in [9.17, 15) is 34.4 Å². The van der Waals surface area contributed by atoms with Crippen LogP contribution in [-0.4, -0.2) is 132 Å². The van der Waals surface area contributed by atoms with Gasteiger partial charge < -0.3 is 43.5 Å². The smallest absolute Gasteiger partial charge is 0.305 e.